The van der Waals surface area contributed by atoms with E-state index in [9.17, 15) is 19.2 Å². The van der Waals surface area contributed by atoms with Crippen molar-refractivity contribution in [2.45, 2.75) is 45.7 Å². The van der Waals surface area contributed by atoms with Gasteiger partial charge in [-0.15, -0.1) is 0 Å². The summed E-state index contributed by atoms with van der Waals surface area (Å²) in [6.45, 7) is 6.21. The highest BCUT2D eigenvalue weighted by atomic mass is 16.7. The molecule has 164 valence electrons. The zero-order valence-electron chi connectivity index (χ0n) is 17.7. The smallest absolute Gasteiger partial charge is 0.348 e. The van der Waals surface area contributed by atoms with Gasteiger partial charge in [0.2, 0.25) is 0 Å². The van der Waals surface area contributed by atoms with E-state index in [1.165, 1.54) is 0 Å². The quantitative estimate of drug-likeness (QED) is 0.268. The van der Waals surface area contributed by atoms with E-state index in [0.717, 1.165) is 12.0 Å². The third kappa shape index (κ3) is 1.90. The Labute approximate surface area is 178 Å². The molecule has 8 nitrogen and oxygen atoms in total. The number of cyclic esters (lactones) is 4. The SMILES string of the molecule is CC1(C)OC(=O)C(=C2[C@@H]3[C@H]4[C@@H]5C[C@@H]6[C@H]4[C@H]3[C@H](C3C(=O)OC(C)(C)OC3=O)[C@H]6[C@@H]25)C(=O)O1. The van der Waals surface area contributed by atoms with Crippen LogP contribution in [0.5, 0.6) is 0 Å². The molecule has 5 saturated carbocycles. The maximum Gasteiger partial charge on any atom is 0.348 e. The van der Waals surface area contributed by atoms with Gasteiger partial charge >= 0.3 is 23.9 Å². The number of hydrogen-bond acceptors (Lipinski definition) is 8. The number of carbonyl (C=O) groups excluding carboxylic acids is 4. The second kappa shape index (κ2) is 4.99. The van der Waals surface area contributed by atoms with E-state index in [2.05, 4.69) is 0 Å². The van der Waals surface area contributed by atoms with Gasteiger partial charge in [-0.3, -0.25) is 9.59 Å². The topological polar surface area (TPSA) is 105 Å². The van der Waals surface area contributed by atoms with Crippen molar-refractivity contribution in [2.75, 3.05) is 0 Å². The molecule has 0 spiro atoms. The number of hydrogen-bond donors (Lipinski definition) is 0. The highest BCUT2D eigenvalue weighted by Crippen LogP contribution is 2.87. The standard InChI is InChI=1S/C23H24O8/c1-22(2)28-18(24)16(19(25)29-22)14-10-6-5-7-9-8(6)12(14)13(9)15(11(7)10)17-20(26)30-23(3,4)31-21(17)27/h6-14,16H,5H2,1-4H3/t6-,7+,8-,9+,10-,11+,12-,13-,14-/m1/s1. The van der Waals surface area contributed by atoms with Crippen molar-refractivity contribution in [3.63, 3.8) is 0 Å². The molecule has 0 aromatic rings. The molecule has 2 aliphatic heterocycles. The summed E-state index contributed by atoms with van der Waals surface area (Å²) in [7, 11) is 0. The van der Waals surface area contributed by atoms with Gasteiger partial charge in [-0.1, -0.05) is 0 Å². The minimum absolute atomic E-state index is 0.0202. The molecular formula is C23H24O8. The van der Waals surface area contributed by atoms with Crippen LogP contribution in [0.3, 0.4) is 0 Å². The van der Waals surface area contributed by atoms with Crippen molar-refractivity contribution >= 4 is 23.9 Å². The molecule has 31 heavy (non-hydrogen) atoms. The minimum atomic E-state index is -1.27. The lowest BCUT2D eigenvalue weighted by Gasteiger charge is -2.51. The van der Waals surface area contributed by atoms with Crippen LogP contribution < -0.4 is 0 Å². The predicted octanol–water partition coefficient (Wildman–Crippen LogP) is 1.58. The van der Waals surface area contributed by atoms with Crippen molar-refractivity contribution in [1.29, 1.82) is 0 Å². The summed E-state index contributed by atoms with van der Waals surface area (Å²) >= 11 is 0. The Morgan fingerprint density at radius 3 is 1.81 bits per heavy atom. The summed E-state index contributed by atoms with van der Waals surface area (Å²) in [5.74, 6) is -3.92. The summed E-state index contributed by atoms with van der Waals surface area (Å²) in [6, 6.07) is 0. The molecule has 7 rings (SSSR count). The first-order chi connectivity index (χ1) is 14.5. The Balaban J connectivity index is 1.31. The Morgan fingerprint density at radius 2 is 1.19 bits per heavy atom. The van der Waals surface area contributed by atoms with Crippen molar-refractivity contribution in [1.82, 2.24) is 0 Å². The lowest BCUT2D eigenvalue weighted by atomic mass is 9.54. The minimum Gasteiger partial charge on any atom is -0.422 e. The number of rotatable bonds is 1. The summed E-state index contributed by atoms with van der Waals surface area (Å²) in [5.41, 5.74) is 0.937. The third-order valence-electron chi connectivity index (χ3n) is 9.19. The average Bonchev–Trinajstić information content (AvgIpc) is 3.11. The lowest BCUT2D eigenvalue weighted by molar-refractivity contribution is -0.246. The van der Waals surface area contributed by atoms with Crippen LogP contribution in [0.4, 0.5) is 0 Å². The van der Waals surface area contributed by atoms with Crippen LogP contribution >= 0.6 is 0 Å². The number of ether oxygens (including phenoxy) is 4. The van der Waals surface area contributed by atoms with Gasteiger partial charge in [-0.2, -0.15) is 0 Å². The Morgan fingerprint density at radius 1 is 0.645 bits per heavy atom. The fourth-order valence-corrected chi connectivity index (χ4v) is 9.01. The summed E-state index contributed by atoms with van der Waals surface area (Å²) < 4.78 is 21.7. The molecule has 2 saturated heterocycles. The van der Waals surface area contributed by atoms with E-state index in [4.69, 9.17) is 18.9 Å². The molecule has 2 bridgehead atoms. The largest absolute Gasteiger partial charge is 0.422 e. The van der Waals surface area contributed by atoms with Gasteiger partial charge in [-0.25, -0.2) is 9.59 Å². The zero-order chi connectivity index (χ0) is 21.8. The molecule has 7 fully saturated rings. The molecule has 8 heteroatoms. The fourth-order valence-electron chi connectivity index (χ4n) is 9.01. The zero-order valence-corrected chi connectivity index (χ0v) is 17.7. The van der Waals surface area contributed by atoms with Crippen molar-refractivity contribution < 1.29 is 38.1 Å². The number of carbonyl (C=O) groups is 4. The van der Waals surface area contributed by atoms with Crippen LogP contribution in [0.25, 0.3) is 0 Å². The summed E-state index contributed by atoms with van der Waals surface area (Å²) in [5, 5.41) is 0. The number of allylic oxidation sites excluding steroid dienone is 1. The van der Waals surface area contributed by atoms with Crippen LogP contribution in [-0.2, 0) is 38.1 Å². The highest BCUT2D eigenvalue weighted by molar-refractivity contribution is 6.16. The van der Waals surface area contributed by atoms with E-state index in [1.807, 2.05) is 0 Å². The first-order valence-corrected chi connectivity index (χ1v) is 11.2. The molecule has 0 aromatic heterocycles. The molecule has 0 radical (unpaired) electrons. The summed E-state index contributed by atoms with van der Waals surface area (Å²) in [4.78, 5) is 51.4. The van der Waals surface area contributed by atoms with Gasteiger partial charge in [0.25, 0.3) is 11.6 Å². The maximum atomic E-state index is 12.9. The number of esters is 4. The lowest BCUT2D eigenvalue weighted by Crippen LogP contribution is -2.55. The predicted molar refractivity (Wildman–Crippen MR) is 99.1 cm³/mol. The molecule has 7 aliphatic rings. The van der Waals surface area contributed by atoms with Crippen LogP contribution in [-0.4, -0.2) is 35.5 Å². The highest BCUT2D eigenvalue weighted by Gasteiger charge is 2.84. The first kappa shape index (κ1) is 18.2. The van der Waals surface area contributed by atoms with Gasteiger partial charge < -0.3 is 18.9 Å². The number of fused-ring (bicyclic) bond motifs is 2. The maximum absolute atomic E-state index is 12.9. The van der Waals surface area contributed by atoms with Gasteiger partial charge in [0.05, 0.1) is 0 Å². The molecule has 9 atom stereocenters. The van der Waals surface area contributed by atoms with E-state index >= 15 is 0 Å². The van der Waals surface area contributed by atoms with Crippen molar-refractivity contribution in [2.24, 2.45) is 59.2 Å². The van der Waals surface area contributed by atoms with Gasteiger partial charge in [0.15, 0.2) is 5.92 Å². The van der Waals surface area contributed by atoms with Gasteiger partial charge in [0.1, 0.15) is 5.57 Å². The van der Waals surface area contributed by atoms with Crippen molar-refractivity contribution in [3.8, 4) is 0 Å². The van der Waals surface area contributed by atoms with Crippen molar-refractivity contribution in [3.05, 3.63) is 11.1 Å². The molecule has 0 unspecified atom stereocenters. The Kier molecular flexibility index (Phi) is 2.93. The molecule has 0 N–H and O–H groups in total. The van der Waals surface area contributed by atoms with Crippen LogP contribution in [0.15, 0.2) is 11.1 Å². The van der Waals surface area contributed by atoms with E-state index in [0.29, 0.717) is 23.7 Å². The average molecular weight is 428 g/mol. The molecule has 0 aromatic carbocycles. The Hall–Kier alpha value is -2.38. The van der Waals surface area contributed by atoms with E-state index < -0.39 is 41.4 Å². The Bertz CT molecular complexity index is 994. The molecule has 0 amide bonds. The normalized spacial score (nSPS) is 49.7. The monoisotopic (exact) mass is 428 g/mol. The first-order valence-electron chi connectivity index (χ1n) is 11.2. The van der Waals surface area contributed by atoms with E-state index in [-0.39, 0.29) is 35.2 Å². The fraction of sp³-hybridized carbons (Fsp3) is 0.739. The third-order valence-corrected chi connectivity index (χ3v) is 9.19. The molecule has 2 heterocycles. The molecule has 5 aliphatic carbocycles. The second-order valence-corrected chi connectivity index (χ2v) is 11.2. The van der Waals surface area contributed by atoms with Gasteiger partial charge in [0, 0.05) is 27.7 Å². The van der Waals surface area contributed by atoms with Gasteiger partial charge in [-0.05, 0) is 65.3 Å². The molecular weight excluding hydrogens is 404 g/mol. The van der Waals surface area contributed by atoms with Crippen LogP contribution in [0, 0.1) is 59.2 Å². The van der Waals surface area contributed by atoms with Crippen LogP contribution in [0.1, 0.15) is 34.1 Å². The van der Waals surface area contributed by atoms with E-state index in [1.54, 1.807) is 27.7 Å². The van der Waals surface area contributed by atoms with Crippen LogP contribution in [0.2, 0.25) is 0 Å². The second-order valence-electron chi connectivity index (χ2n) is 11.2. The summed E-state index contributed by atoms with van der Waals surface area (Å²) in [6.07, 6.45) is 1.03.